The van der Waals surface area contributed by atoms with Crippen LogP contribution in [0.15, 0.2) is 84.9 Å². The number of Topliss-reactive ketones (excluding diaryl/α,β-unsaturated/α-hetero) is 1. The van der Waals surface area contributed by atoms with Crippen LogP contribution >= 0.6 is 0 Å². The van der Waals surface area contributed by atoms with Gasteiger partial charge < -0.3 is 20.2 Å². The molecule has 0 spiro atoms. The summed E-state index contributed by atoms with van der Waals surface area (Å²) in [4.78, 5) is 26.4. The molecule has 1 aliphatic heterocycles. The zero-order chi connectivity index (χ0) is 27.3. The van der Waals surface area contributed by atoms with E-state index >= 15 is 0 Å². The number of aliphatic hydroxyl groups excluding tert-OH is 1. The highest BCUT2D eigenvalue weighted by Gasteiger charge is 2.45. The van der Waals surface area contributed by atoms with E-state index in [9.17, 15) is 24.9 Å². The van der Waals surface area contributed by atoms with Crippen molar-refractivity contribution in [3.05, 3.63) is 107 Å². The van der Waals surface area contributed by atoms with Gasteiger partial charge in [-0.15, -0.1) is 0 Å². The molecule has 6 nitrogen and oxygen atoms in total. The van der Waals surface area contributed by atoms with E-state index in [4.69, 9.17) is 0 Å². The highest BCUT2D eigenvalue weighted by atomic mass is 16.4. The van der Waals surface area contributed by atoms with Gasteiger partial charge in [0.1, 0.15) is 5.60 Å². The lowest BCUT2D eigenvalue weighted by molar-refractivity contribution is -0.142. The molecule has 1 aliphatic rings. The van der Waals surface area contributed by atoms with E-state index in [0.29, 0.717) is 43.5 Å². The van der Waals surface area contributed by atoms with Gasteiger partial charge in [-0.3, -0.25) is 9.59 Å². The van der Waals surface area contributed by atoms with E-state index in [0.717, 1.165) is 17.7 Å². The average Bonchev–Trinajstić information content (AvgIpc) is 2.93. The smallest absolute Gasteiger partial charge is 0.313 e. The van der Waals surface area contributed by atoms with Crippen molar-refractivity contribution in [1.82, 2.24) is 4.90 Å². The fourth-order valence-electron chi connectivity index (χ4n) is 5.47. The Balaban J connectivity index is 1.36. The summed E-state index contributed by atoms with van der Waals surface area (Å²) >= 11 is 0. The summed E-state index contributed by atoms with van der Waals surface area (Å²) in [5, 5.41) is 32.7. The van der Waals surface area contributed by atoms with Gasteiger partial charge in [-0.2, -0.15) is 0 Å². The quantitative estimate of drug-likeness (QED) is 0.341. The second kappa shape index (κ2) is 11.6. The van der Waals surface area contributed by atoms with Crippen molar-refractivity contribution in [3.63, 3.8) is 0 Å². The van der Waals surface area contributed by atoms with Gasteiger partial charge in [-0.25, -0.2) is 0 Å². The number of hydrogen-bond donors (Lipinski definition) is 3. The molecule has 3 N–H and O–H groups in total. The van der Waals surface area contributed by atoms with Crippen LogP contribution in [0, 0.1) is 5.92 Å². The monoisotopic (exact) mass is 515 g/mol. The molecule has 38 heavy (non-hydrogen) atoms. The Morgan fingerprint density at radius 3 is 1.92 bits per heavy atom. The summed E-state index contributed by atoms with van der Waals surface area (Å²) in [6.45, 7) is 5.11. The van der Waals surface area contributed by atoms with Gasteiger partial charge in [0.05, 0.1) is 11.5 Å². The molecule has 0 saturated carbocycles. The van der Waals surface area contributed by atoms with Gasteiger partial charge in [-0.05, 0) is 56.5 Å². The standard InChI is InChI=1S/C32H37NO5/c1-31(2,30(36)37)24-17-15-23(16-18-24)28(34)14-9-20-33-21-19-27(29(35)22-33)32(38,25-10-5-3-6-11-25)26-12-7-4-8-13-26/h3-8,10-13,15-18,27,29,35,38H,9,14,19-22H2,1-2H3,(H,36,37). The number of piperidine rings is 1. The maximum Gasteiger partial charge on any atom is 0.313 e. The first kappa shape index (κ1) is 27.7. The zero-order valence-corrected chi connectivity index (χ0v) is 22.1. The molecular formula is C32H37NO5. The highest BCUT2D eigenvalue weighted by Crippen LogP contribution is 2.42. The average molecular weight is 516 g/mol. The second-order valence-electron chi connectivity index (χ2n) is 10.8. The number of likely N-dealkylation sites (tertiary alicyclic amines) is 1. The lowest BCUT2D eigenvalue weighted by Crippen LogP contribution is -2.52. The van der Waals surface area contributed by atoms with Crippen LogP contribution in [0.25, 0.3) is 0 Å². The SMILES string of the molecule is CC(C)(C(=O)O)c1ccc(C(=O)CCCN2CCC(C(O)(c3ccccc3)c3ccccc3)C(O)C2)cc1. The Bertz CT molecular complexity index is 1180. The third kappa shape index (κ3) is 5.73. The number of rotatable bonds is 10. The highest BCUT2D eigenvalue weighted by molar-refractivity contribution is 5.96. The zero-order valence-electron chi connectivity index (χ0n) is 22.1. The normalized spacial score (nSPS) is 18.7. The van der Waals surface area contributed by atoms with Gasteiger partial charge >= 0.3 is 5.97 Å². The first-order chi connectivity index (χ1) is 18.1. The number of aliphatic carboxylic acids is 1. The maximum absolute atomic E-state index is 12.7. The minimum Gasteiger partial charge on any atom is -0.481 e. The number of carbonyl (C=O) groups excluding carboxylic acids is 1. The summed E-state index contributed by atoms with van der Waals surface area (Å²) < 4.78 is 0. The van der Waals surface area contributed by atoms with Gasteiger partial charge in [-0.1, -0.05) is 84.9 Å². The van der Waals surface area contributed by atoms with Gasteiger partial charge in [0.15, 0.2) is 5.78 Å². The van der Waals surface area contributed by atoms with Crippen LogP contribution < -0.4 is 0 Å². The number of carbonyl (C=O) groups is 2. The number of nitrogens with zero attached hydrogens (tertiary/aromatic N) is 1. The minimum atomic E-state index is -1.30. The lowest BCUT2D eigenvalue weighted by atomic mass is 9.71. The van der Waals surface area contributed by atoms with Crippen LogP contribution in [0.2, 0.25) is 0 Å². The summed E-state index contributed by atoms with van der Waals surface area (Å²) in [6, 6.07) is 25.9. The Morgan fingerprint density at radius 2 is 1.42 bits per heavy atom. The van der Waals surface area contributed by atoms with Crippen molar-refractivity contribution >= 4 is 11.8 Å². The number of hydrogen-bond acceptors (Lipinski definition) is 5. The molecule has 0 radical (unpaired) electrons. The fourth-order valence-corrected chi connectivity index (χ4v) is 5.47. The second-order valence-corrected chi connectivity index (χ2v) is 10.8. The minimum absolute atomic E-state index is 0.0163. The first-order valence-electron chi connectivity index (χ1n) is 13.2. The Kier molecular flexibility index (Phi) is 8.46. The largest absolute Gasteiger partial charge is 0.481 e. The van der Waals surface area contributed by atoms with Gasteiger partial charge in [0.25, 0.3) is 0 Å². The number of β-amino-alcohol motifs (C(OH)–C–C–N with tert-alkyl or cyclic N) is 1. The first-order valence-corrected chi connectivity index (χ1v) is 13.2. The van der Waals surface area contributed by atoms with E-state index in [1.807, 2.05) is 60.7 Å². The molecule has 3 aromatic rings. The molecule has 1 heterocycles. The topological polar surface area (TPSA) is 98.1 Å². The van der Waals surface area contributed by atoms with Crippen LogP contribution in [0.1, 0.15) is 60.2 Å². The van der Waals surface area contributed by atoms with E-state index < -0.39 is 23.1 Å². The summed E-state index contributed by atoms with van der Waals surface area (Å²) in [5.41, 5.74) is 0.459. The molecule has 0 bridgehead atoms. The molecule has 200 valence electrons. The number of carboxylic acids is 1. The van der Waals surface area contributed by atoms with E-state index in [1.165, 1.54) is 0 Å². The van der Waals surface area contributed by atoms with Crippen molar-refractivity contribution in [2.45, 2.75) is 50.2 Å². The number of aliphatic hydroxyl groups is 2. The van der Waals surface area contributed by atoms with Crippen molar-refractivity contribution in [1.29, 1.82) is 0 Å². The van der Waals surface area contributed by atoms with Crippen molar-refractivity contribution < 1.29 is 24.9 Å². The number of ketones is 1. The third-order valence-corrected chi connectivity index (χ3v) is 7.97. The molecule has 0 aromatic heterocycles. The predicted octanol–water partition coefficient (Wildman–Crippen LogP) is 4.63. The van der Waals surface area contributed by atoms with E-state index in [1.54, 1.807) is 38.1 Å². The molecule has 1 saturated heterocycles. The molecule has 0 amide bonds. The summed E-state index contributed by atoms with van der Waals surface area (Å²) in [7, 11) is 0. The fraction of sp³-hybridized carbons (Fsp3) is 0.375. The molecule has 3 aromatic carbocycles. The molecule has 2 unspecified atom stereocenters. The van der Waals surface area contributed by atoms with Crippen molar-refractivity contribution in [2.24, 2.45) is 5.92 Å². The Morgan fingerprint density at radius 1 is 0.868 bits per heavy atom. The third-order valence-electron chi connectivity index (χ3n) is 7.97. The number of carboxylic acid groups (broad SMARTS) is 1. The molecule has 1 fully saturated rings. The van der Waals surface area contributed by atoms with Crippen LogP contribution in [0.3, 0.4) is 0 Å². The number of benzene rings is 3. The molecule has 2 atom stereocenters. The van der Waals surface area contributed by atoms with Crippen LogP contribution in [0.5, 0.6) is 0 Å². The molecule has 6 heteroatoms. The molecule has 4 rings (SSSR count). The lowest BCUT2D eigenvalue weighted by Gasteiger charge is -2.45. The Hall–Kier alpha value is -3.32. The molecular weight excluding hydrogens is 478 g/mol. The molecule has 0 aliphatic carbocycles. The summed E-state index contributed by atoms with van der Waals surface area (Å²) in [6.07, 6.45) is 0.918. The van der Waals surface area contributed by atoms with Gasteiger partial charge in [0, 0.05) is 24.4 Å². The van der Waals surface area contributed by atoms with E-state index in [-0.39, 0.29) is 11.7 Å². The Labute approximate surface area is 224 Å². The van der Waals surface area contributed by atoms with Crippen LogP contribution in [0.4, 0.5) is 0 Å². The van der Waals surface area contributed by atoms with Gasteiger partial charge in [0.2, 0.25) is 0 Å². The van der Waals surface area contributed by atoms with Crippen LogP contribution in [-0.2, 0) is 15.8 Å². The van der Waals surface area contributed by atoms with E-state index in [2.05, 4.69) is 4.90 Å². The maximum atomic E-state index is 12.7. The van der Waals surface area contributed by atoms with Crippen LogP contribution in [-0.4, -0.2) is 57.7 Å². The van der Waals surface area contributed by atoms with Crippen molar-refractivity contribution in [3.8, 4) is 0 Å². The summed E-state index contributed by atoms with van der Waals surface area (Å²) in [5.74, 6) is -1.25. The van der Waals surface area contributed by atoms with Crippen molar-refractivity contribution in [2.75, 3.05) is 19.6 Å². The predicted molar refractivity (Wildman–Crippen MR) is 147 cm³/mol.